The second kappa shape index (κ2) is 6.21. The molecule has 1 aromatic heterocycles. The molecular weight excluding hydrogens is 234 g/mol. The number of nitrogens with one attached hydrogen (secondary N) is 1. The molecular formula is C12H21N3OS. The van der Waals surface area contributed by atoms with Crippen LogP contribution in [-0.4, -0.2) is 34.6 Å². The third-order valence-corrected chi connectivity index (χ3v) is 3.61. The Kier molecular flexibility index (Phi) is 5.21. The molecule has 0 saturated carbocycles. The summed E-state index contributed by atoms with van der Waals surface area (Å²) in [6.07, 6.45) is 3.34. The van der Waals surface area contributed by atoms with Gasteiger partial charge in [-0.25, -0.2) is 4.98 Å². The van der Waals surface area contributed by atoms with Crippen molar-refractivity contribution in [2.24, 2.45) is 0 Å². The fraction of sp³-hybridized carbons (Fsp3) is 0.667. The fourth-order valence-electron chi connectivity index (χ4n) is 1.36. The number of hydrogen-bond acceptors (Lipinski definition) is 5. The minimum Gasteiger partial charge on any atom is -0.480 e. The summed E-state index contributed by atoms with van der Waals surface area (Å²) < 4.78 is 5.48. The van der Waals surface area contributed by atoms with Gasteiger partial charge in [-0.3, -0.25) is 4.98 Å². The lowest BCUT2D eigenvalue weighted by molar-refractivity contribution is 0.382. The summed E-state index contributed by atoms with van der Waals surface area (Å²) in [6, 6.07) is 0.155. The Balaban J connectivity index is 2.79. The van der Waals surface area contributed by atoms with Crippen LogP contribution in [0.25, 0.3) is 0 Å². The highest BCUT2D eigenvalue weighted by Gasteiger charge is 2.20. The van der Waals surface area contributed by atoms with Crippen LogP contribution in [0.3, 0.4) is 0 Å². The van der Waals surface area contributed by atoms with E-state index in [4.69, 9.17) is 4.74 Å². The predicted molar refractivity (Wildman–Crippen MR) is 72.6 cm³/mol. The zero-order valence-corrected chi connectivity index (χ0v) is 12.0. The molecule has 1 rings (SSSR count). The van der Waals surface area contributed by atoms with Gasteiger partial charge < -0.3 is 10.1 Å². The maximum absolute atomic E-state index is 5.24. The first-order valence-electron chi connectivity index (χ1n) is 5.64. The van der Waals surface area contributed by atoms with E-state index in [2.05, 4.69) is 36.1 Å². The van der Waals surface area contributed by atoms with Crippen molar-refractivity contribution >= 4 is 11.8 Å². The molecule has 1 unspecified atom stereocenters. The Labute approximate surface area is 108 Å². The van der Waals surface area contributed by atoms with Crippen LogP contribution in [0.15, 0.2) is 12.4 Å². The summed E-state index contributed by atoms with van der Waals surface area (Å²) in [7, 11) is 3.55. The van der Waals surface area contributed by atoms with Crippen LogP contribution in [0.1, 0.15) is 32.5 Å². The average Bonchev–Trinajstić information content (AvgIpc) is 2.29. The van der Waals surface area contributed by atoms with Crippen LogP contribution in [-0.2, 0) is 0 Å². The van der Waals surface area contributed by atoms with Gasteiger partial charge in [-0.15, -0.1) is 0 Å². The van der Waals surface area contributed by atoms with E-state index >= 15 is 0 Å². The monoisotopic (exact) mass is 255 g/mol. The van der Waals surface area contributed by atoms with E-state index in [1.807, 2.05) is 18.8 Å². The number of nitrogens with zero attached hydrogens (tertiary/aromatic N) is 2. The Morgan fingerprint density at radius 3 is 2.53 bits per heavy atom. The van der Waals surface area contributed by atoms with Gasteiger partial charge in [-0.2, -0.15) is 11.8 Å². The maximum Gasteiger partial charge on any atom is 0.237 e. The van der Waals surface area contributed by atoms with Crippen LogP contribution in [0.2, 0.25) is 0 Å². The topological polar surface area (TPSA) is 47.0 Å². The third-order valence-electron chi connectivity index (χ3n) is 2.25. The minimum atomic E-state index is 0.155. The summed E-state index contributed by atoms with van der Waals surface area (Å²) >= 11 is 1.89. The molecule has 0 bridgehead atoms. The van der Waals surface area contributed by atoms with Crippen molar-refractivity contribution in [1.82, 2.24) is 15.3 Å². The standard InChI is InChI=1S/C12H21N3OS/c1-12(2,3)17-8-9(13-4)10-11(16-5)15-7-6-14-10/h6-7,9,13H,8H2,1-5H3. The van der Waals surface area contributed by atoms with E-state index in [0.29, 0.717) is 5.88 Å². The van der Waals surface area contributed by atoms with Crippen molar-refractivity contribution in [3.05, 3.63) is 18.1 Å². The van der Waals surface area contributed by atoms with Crippen LogP contribution in [0.4, 0.5) is 0 Å². The smallest absolute Gasteiger partial charge is 0.237 e. The molecule has 0 aliphatic rings. The molecule has 0 spiro atoms. The largest absolute Gasteiger partial charge is 0.480 e. The summed E-state index contributed by atoms with van der Waals surface area (Å²) in [6.45, 7) is 6.62. The summed E-state index contributed by atoms with van der Waals surface area (Å²) in [5.41, 5.74) is 0.870. The van der Waals surface area contributed by atoms with E-state index in [9.17, 15) is 0 Å². The molecule has 0 aliphatic heterocycles. The van der Waals surface area contributed by atoms with Crippen molar-refractivity contribution in [1.29, 1.82) is 0 Å². The molecule has 96 valence electrons. The van der Waals surface area contributed by atoms with Gasteiger partial charge in [0.2, 0.25) is 5.88 Å². The second-order valence-corrected chi connectivity index (χ2v) is 6.56. The van der Waals surface area contributed by atoms with Crippen molar-refractivity contribution in [2.45, 2.75) is 31.6 Å². The Morgan fingerprint density at radius 2 is 2.00 bits per heavy atom. The molecule has 17 heavy (non-hydrogen) atoms. The number of methoxy groups -OCH3 is 1. The molecule has 0 saturated heterocycles. The molecule has 0 aromatic carbocycles. The van der Waals surface area contributed by atoms with Gasteiger partial charge in [0.05, 0.1) is 13.2 Å². The average molecular weight is 255 g/mol. The lowest BCUT2D eigenvalue weighted by Gasteiger charge is -2.22. The van der Waals surface area contributed by atoms with Gasteiger partial charge in [0.15, 0.2) is 0 Å². The zero-order chi connectivity index (χ0) is 12.9. The van der Waals surface area contributed by atoms with Crippen LogP contribution in [0.5, 0.6) is 5.88 Å². The SMILES string of the molecule is CNC(CSC(C)(C)C)c1nccnc1OC. The predicted octanol–water partition coefficient (Wildman–Crippen LogP) is 2.28. The number of aromatic nitrogens is 2. The van der Waals surface area contributed by atoms with E-state index in [1.165, 1.54) is 0 Å². The Hall–Kier alpha value is -0.810. The number of rotatable bonds is 5. The van der Waals surface area contributed by atoms with Crippen LogP contribution >= 0.6 is 11.8 Å². The number of hydrogen-bond donors (Lipinski definition) is 1. The molecule has 0 fully saturated rings. The minimum absolute atomic E-state index is 0.155. The van der Waals surface area contributed by atoms with Crippen LogP contribution < -0.4 is 10.1 Å². The summed E-state index contributed by atoms with van der Waals surface area (Å²) in [4.78, 5) is 8.53. The van der Waals surface area contributed by atoms with Gasteiger partial charge in [0.1, 0.15) is 5.69 Å². The van der Waals surface area contributed by atoms with Gasteiger partial charge in [-0.1, -0.05) is 20.8 Å². The van der Waals surface area contributed by atoms with Crippen molar-refractivity contribution in [3.63, 3.8) is 0 Å². The first-order valence-corrected chi connectivity index (χ1v) is 6.62. The fourth-order valence-corrected chi connectivity index (χ4v) is 2.36. The van der Waals surface area contributed by atoms with Gasteiger partial charge >= 0.3 is 0 Å². The van der Waals surface area contributed by atoms with Crippen molar-refractivity contribution in [3.8, 4) is 5.88 Å². The van der Waals surface area contributed by atoms with E-state index < -0.39 is 0 Å². The molecule has 1 N–H and O–H groups in total. The first kappa shape index (κ1) is 14.3. The lowest BCUT2D eigenvalue weighted by atomic mass is 10.2. The normalized spacial score (nSPS) is 13.5. The van der Waals surface area contributed by atoms with Crippen molar-refractivity contribution in [2.75, 3.05) is 19.9 Å². The zero-order valence-electron chi connectivity index (χ0n) is 11.2. The second-order valence-electron chi connectivity index (χ2n) is 4.72. The van der Waals surface area contributed by atoms with Crippen LogP contribution in [0, 0.1) is 0 Å². The quantitative estimate of drug-likeness (QED) is 0.874. The first-order chi connectivity index (χ1) is 7.98. The molecule has 4 nitrogen and oxygen atoms in total. The highest BCUT2D eigenvalue weighted by Crippen LogP contribution is 2.29. The number of thioether (sulfide) groups is 1. The van der Waals surface area contributed by atoms with Gasteiger partial charge in [0, 0.05) is 22.9 Å². The molecule has 1 heterocycles. The molecule has 5 heteroatoms. The van der Waals surface area contributed by atoms with Crippen molar-refractivity contribution < 1.29 is 4.74 Å². The highest BCUT2D eigenvalue weighted by atomic mass is 32.2. The van der Waals surface area contributed by atoms with E-state index in [-0.39, 0.29) is 10.8 Å². The summed E-state index contributed by atoms with van der Waals surface area (Å²) in [5, 5.41) is 3.26. The van der Waals surface area contributed by atoms with E-state index in [1.54, 1.807) is 19.5 Å². The third kappa shape index (κ3) is 4.52. The molecule has 1 atom stereocenters. The summed E-state index contributed by atoms with van der Waals surface area (Å²) in [5.74, 6) is 1.54. The molecule has 1 aromatic rings. The maximum atomic E-state index is 5.24. The van der Waals surface area contributed by atoms with E-state index in [0.717, 1.165) is 11.4 Å². The molecule has 0 radical (unpaired) electrons. The molecule has 0 aliphatic carbocycles. The highest BCUT2D eigenvalue weighted by molar-refractivity contribution is 8.00. The number of ether oxygens (including phenoxy) is 1. The molecule has 0 amide bonds. The van der Waals surface area contributed by atoms with Gasteiger partial charge in [-0.05, 0) is 7.05 Å². The lowest BCUT2D eigenvalue weighted by Crippen LogP contribution is -2.23. The van der Waals surface area contributed by atoms with Gasteiger partial charge in [0.25, 0.3) is 0 Å². The Morgan fingerprint density at radius 1 is 1.35 bits per heavy atom. The Bertz CT molecular complexity index is 352.